The van der Waals surface area contributed by atoms with Crippen molar-refractivity contribution in [2.45, 2.75) is 127 Å². The number of para-hydroxylation sites is 2. The molecule has 1 fully saturated rings. The van der Waals surface area contributed by atoms with Crippen LogP contribution in [-0.4, -0.2) is 32.8 Å². The number of rotatable bonds is 8. The fraction of sp³-hybridized carbons (Fsp3) is 0.299. The molecule has 0 spiro atoms. The van der Waals surface area contributed by atoms with E-state index in [4.69, 9.17) is 23.8 Å². The Bertz CT molecular complexity index is 3800. The molecule has 8 heteroatoms. The largest absolute Gasteiger partial charge is 0.501 e. The first kappa shape index (κ1) is 52.3. The smallest absolute Gasteiger partial charge is 0.121 e. The summed E-state index contributed by atoms with van der Waals surface area (Å²) in [7, 11) is 0. The second kappa shape index (κ2) is 21.1. The molecule has 11 aromatic rings. The number of benzene rings is 6. The molecular formula is C67H68GeIrN4O2-2. The molecule has 1 radical (unpaired) electrons. The monoisotopic (exact) mass is 1230 g/mol. The number of fused-ring (bicyclic) bond motifs is 7. The van der Waals surface area contributed by atoms with Crippen LogP contribution in [0.25, 0.3) is 94.5 Å². The third kappa shape index (κ3) is 10.2. The van der Waals surface area contributed by atoms with Gasteiger partial charge < -0.3 is 8.98 Å². The van der Waals surface area contributed by atoms with E-state index in [0.717, 1.165) is 83.2 Å². The summed E-state index contributed by atoms with van der Waals surface area (Å²) in [6.07, 6.45) is 10.0. The van der Waals surface area contributed by atoms with Crippen molar-refractivity contribution >= 4 is 72.7 Å². The van der Waals surface area contributed by atoms with Gasteiger partial charge in [0.15, 0.2) is 0 Å². The molecule has 5 heterocycles. The van der Waals surface area contributed by atoms with E-state index >= 15 is 0 Å². The molecule has 12 rings (SSSR count). The van der Waals surface area contributed by atoms with Gasteiger partial charge in [-0.2, -0.15) is 0 Å². The van der Waals surface area contributed by atoms with Gasteiger partial charge in [0.2, 0.25) is 0 Å². The Morgan fingerprint density at radius 3 is 1.92 bits per heavy atom. The van der Waals surface area contributed by atoms with E-state index in [1.54, 1.807) is 0 Å². The minimum atomic E-state index is -1.87. The van der Waals surface area contributed by atoms with Gasteiger partial charge in [-0.3, -0.25) is 4.98 Å². The van der Waals surface area contributed by atoms with Gasteiger partial charge in [-0.25, -0.2) is 0 Å². The molecule has 1 aliphatic rings. The summed E-state index contributed by atoms with van der Waals surface area (Å²) in [5.41, 5.74) is 16.9. The SMILES string of the molecule is CC(C)(C)c1ccc2c(n1)oc1c(-c3cc[c]([Ge]([CH3])([CH3])[CH3])cn3)[c-]ccc12.CC(C)c1cc(C2CCCCCC2)cc(C(C)C)c1-n1c(-c2[c-]ccc3c2oc2cc(-c4ccccc4)ccc23)nc2ccccc21.[Ir]. The molecule has 0 atom stereocenters. The summed E-state index contributed by atoms with van der Waals surface area (Å²) in [5, 5.41) is 4.29. The third-order valence-electron chi connectivity index (χ3n) is 15.3. The van der Waals surface area contributed by atoms with Gasteiger partial charge in [-0.15, -0.1) is 18.2 Å². The van der Waals surface area contributed by atoms with E-state index < -0.39 is 13.3 Å². The molecule has 75 heavy (non-hydrogen) atoms. The van der Waals surface area contributed by atoms with Crippen LogP contribution in [0.4, 0.5) is 0 Å². The molecule has 0 N–H and O–H groups in total. The molecule has 5 aromatic heterocycles. The molecule has 0 saturated heterocycles. The maximum Gasteiger partial charge on any atom is 0.121 e. The zero-order chi connectivity index (χ0) is 51.5. The number of hydrogen-bond acceptors (Lipinski definition) is 5. The van der Waals surface area contributed by atoms with Gasteiger partial charge >= 0.3 is 163 Å². The van der Waals surface area contributed by atoms with E-state index in [1.807, 2.05) is 24.4 Å². The Balaban J connectivity index is 0.000000195. The topological polar surface area (TPSA) is 69.9 Å². The van der Waals surface area contributed by atoms with Crippen LogP contribution in [0.5, 0.6) is 0 Å². The van der Waals surface area contributed by atoms with Gasteiger partial charge in [0, 0.05) is 31.2 Å². The van der Waals surface area contributed by atoms with Crippen molar-refractivity contribution < 1.29 is 28.9 Å². The number of imidazole rings is 1. The molecule has 6 aromatic carbocycles. The standard InChI is InChI=1S/C44H43N2O.C23H25GeN2O.Ir/c1-28(2)37-25-33(31-17-8-5-6-9-18-31)26-38(29(3)4)42(37)46-40-22-13-12-21-39(40)45-44(46)36-20-14-19-35-34-24-23-32(27-41(34)47-43(35)36)30-15-10-7-11-16-30;1-23(2,3)20-13-11-17-16-8-7-9-18(21(16)27-22(17)26-20)19-12-10-15(14-25-19)24(4,5)6;/h7,10-16,19,21-29,31H,5-6,8-9,17-18H2,1-4H3;7-8,10-14H,1-6H3;/q2*-1;. The van der Waals surface area contributed by atoms with Crippen molar-refractivity contribution in [3.05, 3.63) is 174 Å². The first-order valence-corrected chi connectivity index (χ1v) is 34.3. The minimum Gasteiger partial charge on any atom is -0.501 e. The van der Waals surface area contributed by atoms with Crippen molar-refractivity contribution in [1.82, 2.24) is 19.5 Å². The first-order valence-electron chi connectivity index (χ1n) is 26.9. The predicted octanol–water partition coefficient (Wildman–Crippen LogP) is 18.4. The normalized spacial score (nSPS) is 13.8. The average molecular weight is 1230 g/mol. The number of nitrogens with zero attached hydrogens (tertiary/aromatic N) is 4. The van der Waals surface area contributed by atoms with Gasteiger partial charge in [-0.1, -0.05) is 131 Å². The van der Waals surface area contributed by atoms with Gasteiger partial charge in [0.25, 0.3) is 0 Å². The molecular weight excluding hydrogens is 1160 g/mol. The minimum absolute atomic E-state index is 0. The predicted molar refractivity (Wildman–Crippen MR) is 312 cm³/mol. The van der Waals surface area contributed by atoms with Crippen molar-refractivity contribution in [3.63, 3.8) is 0 Å². The second-order valence-corrected chi connectivity index (χ2v) is 33.9. The number of furan rings is 2. The molecule has 0 bridgehead atoms. The number of aromatic nitrogens is 4. The summed E-state index contributed by atoms with van der Waals surface area (Å²) < 4.78 is 16.8. The fourth-order valence-corrected chi connectivity index (χ4v) is 13.2. The summed E-state index contributed by atoms with van der Waals surface area (Å²) in [4.78, 5) is 14.8. The molecule has 0 aliphatic heterocycles. The van der Waals surface area contributed by atoms with Crippen LogP contribution in [0.1, 0.15) is 127 Å². The van der Waals surface area contributed by atoms with Crippen LogP contribution in [0.15, 0.2) is 148 Å². The van der Waals surface area contributed by atoms with Crippen molar-refractivity contribution in [2.24, 2.45) is 0 Å². The van der Waals surface area contributed by atoms with E-state index in [-0.39, 0.29) is 25.5 Å². The van der Waals surface area contributed by atoms with Crippen molar-refractivity contribution in [3.8, 4) is 39.5 Å². The Kier molecular flexibility index (Phi) is 14.7. The quantitative estimate of drug-likeness (QED) is 0.0861. The van der Waals surface area contributed by atoms with Crippen LogP contribution in [0, 0.1) is 12.1 Å². The average Bonchev–Trinajstić information content (AvgIpc) is 4.01. The third-order valence-corrected chi connectivity index (χ3v) is 19.5. The van der Waals surface area contributed by atoms with Gasteiger partial charge in [0.05, 0.1) is 22.4 Å². The Morgan fingerprint density at radius 2 is 1.27 bits per heavy atom. The maximum atomic E-state index is 6.77. The summed E-state index contributed by atoms with van der Waals surface area (Å²) in [6.45, 7) is 15.9. The molecule has 1 aliphatic carbocycles. The maximum absolute atomic E-state index is 6.77. The van der Waals surface area contributed by atoms with Crippen LogP contribution < -0.4 is 4.40 Å². The first-order chi connectivity index (χ1) is 35.6. The fourth-order valence-electron chi connectivity index (χ4n) is 11.0. The van der Waals surface area contributed by atoms with Gasteiger partial charge in [-0.05, 0) is 76.6 Å². The summed E-state index contributed by atoms with van der Waals surface area (Å²) >= 11 is -1.87. The van der Waals surface area contributed by atoms with E-state index in [0.29, 0.717) is 23.5 Å². The summed E-state index contributed by atoms with van der Waals surface area (Å²) in [5.74, 6) is 9.35. The van der Waals surface area contributed by atoms with E-state index in [2.05, 4.69) is 198 Å². The van der Waals surface area contributed by atoms with Crippen LogP contribution in [-0.2, 0) is 25.5 Å². The zero-order valence-electron chi connectivity index (χ0n) is 45.2. The molecule has 1 saturated carbocycles. The number of pyridine rings is 2. The van der Waals surface area contributed by atoms with Crippen molar-refractivity contribution in [2.75, 3.05) is 0 Å². The molecule has 383 valence electrons. The van der Waals surface area contributed by atoms with Crippen LogP contribution in [0.2, 0.25) is 17.3 Å². The van der Waals surface area contributed by atoms with Gasteiger partial charge in [0.1, 0.15) is 5.58 Å². The second-order valence-electron chi connectivity index (χ2n) is 23.3. The Hall–Kier alpha value is -6.12. The Morgan fingerprint density at radius 1 is 0.627 bits per heavy atom. The van der Waals surface area contributed by atoms with E-state index in [9.17, 15) is 0 Å². The molecule has 0 unspecified atom stereocenters. The van der Waals surface area contributed by atoms with Crippen LogP contribution >= 0.6 is 0 Å². The zero-order valence-corrected chi connectivity index (χ0v) is 49.7. The Labute approximate surface area is 459 Å². The molecule has 0 amide bonds. The van der Waals surface area contributed by atoms with Crippen LogP contribution in [0.3, 0.4) is 0 Å². The van der Waals surface area contributed by atoms with Crippen molar-refractivity contribution in [1.29, 1.82) is 0 Å². The van der Waals surface area contributed by atoms with E-state index in [1.165, 1.54) is 70.9 Å². The number of hydrogen-bond donors (Lipinski definition) is 0. The molecule has 6 nitrogen and oxygen atoms in total. The summed E-state index contributed by atoms with van der Waals surface area (Å²) in [6, 6.07) is 54.3.